The fourth-order valence-corrected chi connectivity index (χ4v) is 7.18. The summed E-state index contributed by atoms with van der Waals surface area (Å²) in [5.41, 5.74) is 0.899. The number of ether oxygens (including phenoxy) is 1. The van der Waals surface area contributed by atoms with Gasteiger partial charge in [0.15, 0.2) is 0 Å². The molecule has 0 radical (unpaired) electrons. The monoisotopic (exact) mass is 649 g/mol. The van der Waals surface area contributed by atoms with Crippen LogP contribution in [0.3, 0.4) is 0 Å². The Kier molecular flexibility index (Phi) is 9.09. The third kappa shape index (κ3) is 6.80. The Balaban J connectivity index is 1.37. The van der Waals surface area contributed by atoms with Gasteiger partial charge in [0, 0.05) is 16.1 Å². The molecule has 0 fully saturated rings. The molecule has 9 nitrogen and oxygen atoms in total. The number of amides is 1. The van der Waals surface area contributed by atoms with Crippen LogP contribution in [0.25, 0.3) is 10.8 Å². The molecular formula is C32H28ClN3O6S2. The normalized spacial score (nSPS) is 11.6. The molecule has 0 saturated heterocycles. The van der Waals surface area contributed by atoms with Crippen LogP contribution in [0.5, 0.6) is 5.75 Å². The lowest BCUT2D eigenvalue weighted by Crippen LogP contribution is -2.38. The van der Waals surface area contributed by atoms with Crippen molar-refractivity contribution in [3.05, 3.63) is 120 Å². The van der Waals surface area contributed by atoms with E-state index in [2.05, 4.69) is 10.0 Å². The van der Waals surface area contributed by atoms with E-state index in [0.29, 0.717) is 10.7 Å². The summed E-state index contributed by atoms with van der Waals surface area (Å²) in [6.07, 6.45) is 0. The summed E-state index contributed by atoms with van der Waals surface area (Å²) in [5.74, 6) is -0.369. The van der Waals surface area contributed by atoms with Crippen molar-refractivity contribution in [3.8, 4) is 5.75 Å². The van der Waals surface area contributed by atoms with Crippen molar-refractivity contribution in [2.24, 2.45) is 0 Å². The Hall–Kier alpha value is -4.58. The summed E-state index contributed by atoms with van der Waals surface area (Å²) in [6.45, 7) is 1.46. The number of hydrogen-bond acceptors (Lipinski definition) is 6. The molecule has 2 N–H and O–H groups in total. The van der Waals surface area contributed by atoms with Crippen LogP contribution in [0.15, 0.2) is 125 Å². The van der Waals surface area contributed by atoms with E-state index in [9.17, 15) is 21.6 Å². The second-order valence-electron chi connectivity index (χ2n) is 9.57. The van der Waals surface area contributed by atoms with Crippen molar-refractivity contribution < 1.29 is 26.4 Å². The first-order valence-electron chi connectivity index (χ1n) is 13.5. The zero-order valence-corrected chi connectivity index (χ0v) is 25.9. The molecule has 0 unspecified atom stereocenters. The Morgan fingerprint density at radius 3 is 2.14 bits per heavy atom. The smallest absolute Gasteiger partial charge is 0.264 e. The van der Waals surface area contributed by atoms with Crippen LogP contribution in [0.2, 0.25) is 5.02 Å². The highest BCUT2D eigenvalue weighted by Crippen LogP contribution is 2.33. The molecule has 0 aromatic heterocycles. The summed E-state index contributed by atoms with van der Waals surface area (Å²) < 4.78 is 63.0. The van der Waals surface area contributed by atoms with Crippen LogP contribution in [0, 0.1) is 0 Å². The molecular weight excluding hydrogens is 622 g/mol. The average molecular weight is 650 g/mol. The van der Waals surface area contributed by atoms with Gasteiger partial charge in [0.25, 0.3) is 20.0 Å². The number of nitrogens with one attached hydrogen (secondary N) is 2. The average Bonchev–Trinajstić information content (AvgIpc) is 3.01. The first kappa shape index (κ1) is 30.9. The minimum Gasteiger partial charge on any atom is -0.492 e. The lowest BCUT2D eigenvalue weighted by Gasteiger charge is -2.26. The van der Waals surface area contributed by atoms with Crippen molar-refractivity contribution in [1.29, 1.82) is 0 Å². The molecule has 12 heteroatoms. The highest BCUT2D eigenvalue weighted by molar-refractivity contribution is 7.93. The van der Waals surface area contributed by atoms with Crippen LogP contribution in [0.1, 0.15) is 6.92 Å². The Labute approximate surface area is 261 Å². The molecule has 0 aliphatic rings. The predicted molar refractivity (Wildman–Crippen MR) is 173 cm³/mol. The molecule has 44 heavy (non-hydrogen) atoms. The quantitative estimate of drug-likeness (QED) is 0.168. The highest BCUT2D eigenvalue weighted by atomic mass is 35.5. The molecule has 0 atom stereocenters. The van der Waals surface area contributed by atoms with Crippen molar-refractivity contribution >= 4 is 65.4 Å². The van der Waals surface area contributed by atoms with Crippen LogP contribution in [-0.4, -0.2) is 35.9 Å². The number of carbonyl (C=O) groups is 1. The lowest BCUT2D eigenvalue weighted by molar-refractivity contribution is -0.114. The number of fused-ring (bicyclic) bond motifs is 1. The summed E-state index contributed by atoms with van der Waals surface area (Å²) >= 11 is 5.97. The van der Waals surface area contributed by atoms with Gasteiger partial charge in [-0.25, -0.2) is 16.8 Å². The van der Waals surface area contributed by atoms with Crippen molar-refractivity contribution in [2.45, 2.75) is 16.7 Å². The molecule has 0 aliphatic carbocycles. The standard InChI is InChI=1S/C32H28ClN3O6S2/c1-2-42-31-13-6-5-12-30(31)36(44(40,41)27-18-14-24(33)15-19-27)22-32(37)34-25-16-20-26(21-17-25)43(38,39)35-29-11-7-9-23-8-3-4-10-28(23)29/h3-21,35H,2,22H2,1H3,(H,34,37). The van der Waals surface area contributed by atoms with Gasteiger partial charge in [0.1, 0.15) is 12.3 Å². The molecule has 0 bridgehead atoms. The second kappa shape index (κ2) is 13.0. The minimum atomic E-state index is -4.22. The second-order valence-corrected chi connectivity index (χ2v) is 13.6. The Morgan fingerprint density at radius 1 is 0.773 bits per heavy atom. The molecule has 1 amide bonds. The third-order valence-electron chi connectivity index (χ3n) is 6.60. The lowest BCUT2D eigenvalue weighted by atomic mass is 10.1. The van der Waals surface area contributed by atoms with Crippen LogP contribution >= 0.6 is 11.6 Å². The summed E-state index contributed by atoms with van der Waals surface area (Å²) in [5, 5.41) is 4.66. The molecule has 226 valence electrons. The van der Waals surface area contributed by atoms with E-state index in [-0.39, 0.29) is 33.5 Å². The Morgan fingerprint density at radius 2 is 1.41 bits per heavy atom. The van der Waals surface area contributed by atoms with Crippen molar-refractivity contribution in [3.63, 3.8) is 0 Å². The van der Waals surface area contributed by atoms with Crippen LogP contribution in [-0.2, 0) is 24.8 Å². The molecule has 0 spiro atoms. The number of rotatable bonds is 11. The number of anilines is 3. The van der Waals surface area contributed by atoms with Crippen molar-refractivity contribution in [1.82, 2.24) is 0 Å². The van der Waals surface area contributed by atoms with Gasteiger partial charge in [-0.05, 0) is 79.0 Å². The van der Waals surface area contributed by atoms with Gasteiger partial charge in [-0.1, -0.05) is 60.1 Å². The number of nitrogens with zero attached hydrogens (tertiary/aromatic N) is 1. The minimum absolute atomic E-state index is 0.0129. The largest absolute Gasteiger partial charge is 0.492 e. The van der Waals surface area contributed by atoms with E-state index < -0.39 is 32.5 Å². The van der Waals surface area contributed by atoms with Gasteiger partial charge in [-0.3, -0.25) is 13.8 Å². The predicted octanol–water partition coefficient (Wildman–Crippen LogP) is 6.53. The van der Waals surface area contributed by atoms with Crippen LogP contribution < -0.4 is 19.1 Å². The first-order chi connectivity index (χ1) is 21.1. The zero-order chi connectivity index (χ0) is 31.3. The van der Waals surface area contributed by atoms with E-state index in [0.717, 1.165) is 15.1 Å². The van der Waals surface area contributed by atoms with Gasteiger partial charge in [-0.15, -0.1) is 0 Å². The van der Waals surface area contributed by atoms with Gasteiger partial charge in [0.2, 0.25) is 5.91 Å². The van der Waals surface area contributed by atoms with E-state index in [1.807, 2.05) is 30.3 Å². The van der Waals surface area contributed by atoms with Gasteiger partial charge in [0.05, 0.1) is 27.8 Å². The molecule has 0 aliphatic heterocycles. The number of benzene rings is 5. The highest BCUT2D eigenvalue weighted by Gasteiger charge is 2.29. The topological polar surface area (TPSA) is 122 Å². The van der Waals surface area contributed by atoms with E-state index in [1.54, 1.807) is 43.3 Å². The number of para-hydroxylation sites is 2. The van der Waals surface area contributed by atoms with E-state index in [4.69, 9.17) is 16.3 Å². The molecule has 0 saturated carbocycles. The number of carbonyl (C=O) groups excluding carboxylic acids is 1. The Bertz CT molecular complexity index is 2010. The molecule has 5 aromatic carbocycles. The first-order valence-corrected chi connectivity index (χ1v) is 16.8. The summed E-state index contributed by atoms with van der Waals surface area (Å²) in [6, 6.07) is 30.5. The van der Waals surface area contributed by atoms with Gasteiger partial charge in [-0.2, -0.15) is 0 Å². The van der Waals surface area contributed by atoms with E-state index >= 15 is 0 Å². The van der Waals surface area contributed by atoms with Gasteiger partial charge < -0.3 is 10.1 Å². The maximum Gasteiger partial charge on any atom is 0.264 e. The fraction of sp³-hybridized carbons (Fsp3) is 0.0938. The SMILES string of the molecule is CCOc1ccccc1N(CC(=O)Nc1ccc(S(=O)(=O)Nc2cccc3ccccc23)cc1)S(=O)(=O)c1ccc(Cl)cc1. The number of hydrogen-bond donors (Lipinski definition) is 2. The third-order valence-corrected chi connectivity index (χ3v) is 10.0. The zero-order valence-electron chi connectivity index (χ0n) is 23.5. The van der Waals surface area contributed by atoms with Crippen LogP contribution in [0.4, 0.5) is 17.1 Å². The van der Waals surface area contributed by atoms with Crippen molar-refractivity contribution in [2.75, 3.05) is 27.5 Å². The maximum atomic E-state index is 13.7. The number of sulfonamides is 2. The maximum absolute atomic E-state index is 13.7. The molecule has 5 rings (SSSR count). The number of halogens is 1. The summed E-state index contributed by atoms with van der Waals surface area (Å²) in [7, 11) is -8.17. The molecule has 5 aromatic rings. The van der Waals surface area contributed by atoms with E-state index in [1.165, 1.54) is 48.5 Å². The van der Waals surface area contributed by atoms with Gasteiger partial charge >= 0.3 is 0 Å². The molecule has 0 heterocycles. The fourth-order valence-electron chi connectivity index (χ4n) is 4.54. The summed E-state index contributed by atoms with van der Waals surface area (Å²) in [4.78, 5) is 13.2.